The Morgan fingerprint density at radius 1 is 0.812 bits per heavy atom. The van der Waals surface area contributed by atoms with Gasteiger partial charge in [0, 0.05) is 8.07 Å². The van der Waals surface area contributed by atoms with Gasteiger partial charge in [-0.25, -0.2) is 11.3 Å². The summed E-state index contributed by atoms with van der Waals surface area (Å²) in [5, 5.41) is 10.5. The van der Waals surface area contributed by atoms with Crippen molar-refractivity contribution in [3.05, 3.63) is 125 Å². The van der Waals surface area contributed by atoms with Crippen molar-refractivity contribution in [3.63, 3.8) is 0 Å². The van der Waals surface area contributed by atoms with Gasteiger partial charge in [-0.15, -0.1) is 6.42 Å². The first-order valence-electron chi connectivity index (χ1n) is 10.9. The van der Waals surface area contributed by atoms with E-state index in [-0.39, 0.29) is 0 Å². The van der Waals surface area contributed by atoms with E-state index in [2.05, 4.69) is 106 Å². The van der Waals surface area contributed by atoms with Crippen LogP contribution in [0.25, 0.3) is 0 Å². The predicted molar refractivity (Wildman–Crippen MR) is 138 cm³/mol. The summed E-state index contributed by atoms with van der Waals surface area (Å²) in [6.45, 7) is 11.0. The molecule has 0 aromatic heterocycles. The van der Waals surface area contributed by atoms with Gasteiger partial charge < -0.3 is 5.11 Å². The van der Waals surface area contributed by atoms with Crippen LogP contribution in [0.4, 0.5) is 0 Å². The van der Waals surface area contributed by atoms with Gasteiger partial charge >= 0.3 is 95.6 Å². The van der Waals surface area contributed by atoms with Gasteiger partial charge in [-0.05, 0) is 37.1 Å². The van der Waals surface area contributed by atoms with Gasteiger partial charge in [-0.2, -0.15) is 6.08 Å². The fraction of sp³-hybridized carbons (Fsp3) is 0.207. The quantitative estimate of drug-likeness (QED) is 0.311. The summed E-state index contributed by atoms with van der Waals surface area (Å²) in [6, 6.07) is 26.5. The zero-order valence-corrected chi connectivity index (χ0v) is 22.4. The minimum atomic E-state index is -1.01. The maximum atomic E-state index is 8.99. The van der Waals surface area contributed by atoms with Gasteiger partial charge in [0.15, 0.2) is 0 Å². The second-order valence-corrected chi connectivity index (χ2v) is 14.7. The zero-order chi connectivity index (χ0) is 23.6. The van der Waals surface area contributed by atoms with E-state index in [1.54, 1.807) is 12.1 Å². The van der Waals surface area contributed by atoms with Gasteiger partial charge in [0.2, 0.25) is 0 Å². The van der Waals surface area contributed by atoms with Crippen LogP contribution in [0, 0.1) is 19.9 Å². The van der Waals surface area contributed by atoms with Crippen molar-refractivity contribution in [3.8, 4) is 5.75 Å². The van der Waals surface area contributed by atoms with Crippen LogP contribution in [0.5, 0.6) is 5.75 Å². The van der Waals surface area contributed by atoms with Crippen molar-refractivity contribution in [1.82, 2.24) is 0 Å². The van der Waals surface area contributed by atoms with Crippen molar-refractivity contribution in [2.24, 2.45) is 0 Å². The summed E-state index contributed by atoms with van der Waals surface area (Å²) in [5.41, 5.74) is 4.79. The van der Waals surface area contributed by atoms with E-state index in [4.69, 9.17) is 5.11 Å². The number of rotatable bonds is 3. The molecule has 0 heterocycles. The van der Waals surface area contributed by atoms with E-state index in [0.29, 0.717) is 5.75 Å². The minimum absolute atomic E-state index is 0.354. The topological polar surface area (TPSA) is 20.2 Å². The Balaban J connectivity index is 0.000000178. The van der Waals surface area contributed by atoms with E-state index in [1.807, 2.05) is 32.0 Å². The number of benzene rings is 3. The molecule has 0 unspecified atom stereocenters. The molecule has 0 aliphatic heterocycles. The van der Waals surface area contributed by atoms with Crippen molar-refractivity contribution in [2.45, 2.75) is 39.9 Å². The molecule has 32 heavy (non-hydrogen) atoms. The molecule has 0 radical (unpaired) electrons. The Hall–Kier alpha value is -2.26. The molecule has 3 aromatic carbocycles. The first kappa shape index (κ1) is 26.0. The van der Waals surface area contributed by atoms with Crippen LogP contribution in [0.2, 0.25) is 19.6 Å². The predicted octanol–water partition coefficient (Wildman–Crippen LogP) is 7.36. The van der Waals surface area contributed by atoms with Crippen molar-refractivity contribution in [1.29, 1.82) is 0 Å². The monoisotopic (exact) mass is 473 g/mol. The number of phenolic OH excluding ortho intramolecular Hbond substituents is 1. The Kier molecular flexibility index (Phi) is 10.3. The third kappa shape index (κ3) is 9.08. The Labute approximate surface area is 206 Å². The second kappa shape index (κ2) is 12.7. The van der Waals surface area contributed by atoms with Crippen LogP contribution >= 0.6 is 0 Å². The first-order valence-corrected chi connectivity index (χ1v) is 15.2. The fourth-order valence-electron chi connectivity index (χ4n) is 3.25. The molecule has 3 aromatic rings. The number of allylic oxidation sites excluding steroid dienone is 4. The summed E-state index contributed by atoms with van der Waals surface area (Å²) in [5.74, 6) is 0.354. The molecule has 0 amide bonds. The molecular weight excluding hydrogens is 440 g/mol. The van der Waals surface area contributed by atoms with Gasteiger partial charge in [-0.1, -0.05) is 25.7 Å². The van der Waals surface area contributed by atoms with Gasteiger partial charge in [0.05, 0.1) is 0 Å². The molecule has 1 aliphatic rings. The van der Waals surface area contributed by atoms with Crippen molar-refractivity contribution in [2.75, 3.05) is 0 Å². The number of aromatic hydroxyl groups is 1. The molecule has 1 N–H and O–H groups in total. The molecule has 0 fully saturated rings. The molecule has 4 rings (SSSR count). The third-order valence-corrected chi connectivity index (χ3v) is 7.70. The van der Waals surface area contributed by atoms with Crippen LogP contribution in [0.1, 0.15) is 28.7 Å². The number of aryl methyl sites for hydroxylation is 2. The van der Waals surface area contributed by atoms with Crippen LogP contribution < -0.4 is 0 Å². The Bertz CT molecular complexity index is 969. The third-order valence-electron chi connectivity index (χ3n) is 4.83. The summed E-state index contributed by atoms with van der Waals surface area (Å²) in [7, 11) is -1.01. The molecule has 0 saturated heterocycles. The van der Waals surface area contributed by atoms with Crippen LogP contribution in [0.15, 0.2) is 96.2 Å². The summed E-state index contributed by atoms with van der Waals surface area (Å²) < 4.78 is 1.33. The van der Waals surface area contributed by atoms with Gasteiger partial charge in [0.1, 0.15) is 5.75 Å². The van der Waals surface area contributed by atoms with Crippen LogP contribution in [-0.2, 0) is 20.0 Å². The zero-order valence-electron chi connectivity index (χ0n) is 19.8. The first-order chi connectivity index (χ1) is 15.2. The SMILES string of the molecule is C[Si](C)(C)C1=[C-]CC=C1.Cc1cc(C)cc(O)c1.[Ti+]=[C](c1ccccc1)c1ccccc1. The van der Waals surface area contributed by atoms with Gasteiger partial charge in [0.25, 0.3) is 0 Å². The van der Waals surface area contributed by atoms with E-state index < -0.39 is 8.07 Å². The number of hydrogen-bond acceptors (Lipinski definition) is 1. The molecule has 0 atom stereocenters. The van der Waals surface area contributed by atoms with E-state index in [1.165, 1.54) is 20.1 Å². The van der Waals surface area contributed by atoms with E-state index in [9.17, 15) is 0 Å². The normalized spacial score (nSPS) is 12.2. The van der Waals surface area contributed by atoms with E-state index >= 15 is 0 Å². The van der Waals surface area contributed by atoms with Crippen molar-refractivity contribution >= 4 is 11.9 Å². The van der Waals surface area contributed by atoms with Crippen LogP contribution in [-0.4, -0.2) is 17.0 Å². The average Bonchev–Trinajstić information content (AvgIpc) is 3.30. The standard InChI is InChI=1S/C13H10.C8H10O.C8H13Si.Ti/c1-3-7-12(8-4-1)11-13-9-5-2-6-10-13;1-6-3-7(2)5-8(9)4-6;1-9(2,3)8-6-4-5-7-8;/h1-10H;3-5,9H,1-2H3;4,6H,5H2,1-3H3;/q;;-1;+1. The van der Waals surface area contributed by atoms with Crippen molar-refractivity contribution < 1.29 is 25.1 Å². The summed E-state index contributed by atoms with van der Waals surface area (Å²) in [4.78, 5) is 0. The molecule has 3 heteroatoms. The maximum absolute atomic E-state index is 8.99. The Morgan fingerprint density at radius 2 is 1.28 bits per heavy atom. The molecule has 0 spiro atoms. The molecule has 0 bridgehead atoms. The summed E-state index contributed by atoms with van der Waals surface area (Å²) >= 11 is 2.16. The molecule has 1 aliphatic carbocycles. The molecular formula is C29H33OSiTi. The fourth-order valence-corrected chi connectivity index (χ4v) is 5.02. The Morgan fingerprint density at radius 3 is 1.59 bits per heavy atom. The average molecular weight is 474 g/mol. The van der Waals surface area contributed by atoms with Gasteiger partial charge in [-0.3, -0.25) is 6.08 Å². The number of phenols is 1. The molecule has 1 nitrogen and oxygen atoms in total. The van der Waals surface area contributed by atoms with E-state index in [0.717, 1.165) is 17.5 Å². The summed E-state index contributed by atoms with van der Waals surface area (Å²) in [6.07, 6.45) is 8.82. The molecule has 0 saturated carbocycles. The van der Waals surface area contributed by atoms with Crippen LogP contribution in [0.3, 0.4) is 0 Å². The second-order valence-electron chi connectivity index (χ2n) is 8.90. The number of hydrogen-bond donors (Lipinski definition) is 1. The molecule has 163 valence electrons.